The van der Waals surface area contributed by atoms with Crippen LogP contribution in [0.2, 0.25) is 20.1 Å². The van der Waals surface area contributed by atoms with Crippen molar-refractivity contribution in [2.45, 2.75) is 51.7 Å². The van der Waals surface area contributed by atoms with E-state index in [4.69, 9.17) is 55.9 Å². The van der Waals surface area contributed by atoms with Gasteiger partial charge in [-0.2, -0.15) is 17.6 Å². The minimum absolute atomic E-state index is 0.0182. The van der Waals surface area contributed by atoms with E-state index >= 15 is 0 Å². The van der Waals surface area contributed by atoms with Crippen molar-refractivity contribution in [2.24, 2.45) is 25.9 Å². The number of benzene rings is 2. The SMILES string of the molecule is C[n+]1cc(Cl)c(CC(=O)c2ccc(OC(F)F)c(OCC3CC3)c2)c(Cl)c1.C[n+]1cc(Cl)c(CC(=O)c2ccc(OC(F)F)c(OCC3CC3)c2)c(Cl)c1. The van der Waals surface area contributed by atoms with Crippen LogP contribution < -0.4 is 28.1 Å². The lowest BCUT2D eigenvalue weighted by atomic mass is 10.0. The number of carbonyl (C=O) groups excluding carboxylic acids is 2. The number of nitrogens with zero attached hydrogens (tertiary/aromatic N) is 2. The molecule has 0 spiro atoms. The van der Waals surface area contributed by atoms with Gasteiger partial charge in [-0.1, -0.05) is 46.4 Å². The van der Waals surface area contributed by atoms with E-state index in [1.165, 1.54) is 36.4 Å². The zero-order valence-electron chi connectivity index (χ0n) is 29.1. The van der Waals surface area contributed by atoms with Crippen LogP contribution in [0.15, 0.2) is 61.2 Å². The monoisotopic (exact) mass is 832 g/mol. The van der Waals surface area contributed by atoms with Crippen LogP contribution in [0.25, 0.3) is 0 Å². The molecule has 2 aromatic heterocycles. The highest BCUT2D eigenvalue weighted by atomic mass is 35.5. The van der Waals surface area contributed by atoms with Crippen LogP contribution in [0.3, 0.4) is 0 Å². The molecule has 0 atom stereocenters. The number of halogens is 8. The van der Waals surface area contributed by atoms with Crippen molar-refractivity contribution < 1.29 is 55.2 Å². The van der Waals surface area contributed by atoms with Gasteiger partial charge in [0.05, 0.1) is 13.2 Å². The molecule has 288 valence electrons. The number of carbonyl (C=O) groups is 2. The first-order valence-corrected chi connectivity index (χ1v) is 18.3. The molecular weight excluding hydrogens is 798 g/mol. The number of hydrogen-bond donors (Lipinski definition) is 0. The van der Waals surface area contributed by atoms with Crippen LogP contribution in [0.1, 0.15) is 57.5 Å². The van der Waals surface area contributed by atoms with Crippen LogP contribution in [0.4, 0.5) is 17.6 Å². The van der Waals surface area contributed by atoms with Crippen molar-refractivity contribution in [3.63, 3.8) is 0 Å². The molecule has 0 radical (unpaired) electrons. The average Bonchev–Trinajstić information content (AvgIpc) is 4.03. The fraction of sp³-hybridized carbons (Fsp3) is 0.368. The summed E-state index contributed by atoms with van der Waals surface area (Å²) >= 11 is 24.7. The van der Waals surface area contributed by atoms with Crippen LogP contribution in [0.5, 0.6) is 23.0 Å². The molecule has 2 aliphatic rings. The molecule has 2 aliphatic carbocycles. The molecule has 4 aromatic rings. The van der Waals surface area contributed by atoms with Gasteiger partial charge < -0.3 is 18.9 Å². The Bertz CT molecular complexity index is 1810. The Balaban J connectivity index is 0.000000208. The molecule has 0 amide bonds. The van der Waals surface area contributed by atoms with Crippen LogP contribution in [0, 0.1) is 11.8 Å². The van der Waals surface area contributed by atoms with Gasteiger partial charge in [-0.05, 0) is 73.9 Å². The largest absolute Gasteiger partial charge is 0.489 e. The van der Waals surface area contributed by atoms with Crippen molar-refractivity contribution in [2.75, 3.05) is 13.2 Å². The number of hydrogen-bond acceptors (Lipinski definition) is 6. The third-order valence-corrected chi connectivity index (χ3v) is 9.71. The predicted molar refractivity (Wildman–Crippen MR) is 194 cm³/mol. The van der Waals surface area contributed by atoms with Gasteiger partial charge in [0.25, 0.3) is 0 Å². The molecule has 2 saturated carbocycles. The molecule has 2 heterocycles. The smallest absolute Gasteiger partial charge is 0.387 e. The summed E-state index contributed by atoms with van der Waals surface area (Å²) in [6.07, 6.45) is 10.8. The third kappa shape index (κ3) is 12.1. The first-order valence-electron chi connectivity index (χ1n) is 16.8. The summed E-state index contributed by atoms with van der Waals surface area (Å²) in [7, 11) is 3.54. The molecule has 54 heavy (non-hydrogen) atoms. The normalized spacial score (nSPS) is 13.7. The second-order valence-electron chi connectivity index (χ2n) is 13.0. The van der Waals surface area contributed by atoms with E-state index in [0.717, 1.165) is 25.7 Å². The highest BCUT2D eigenvalue weighted by molar-refractivity contribution is 6.36. The molecule has 2 aromatic carbocycles. The van der Waals surface area contributed by atoms with Crippen LogP contribution >= 0.6 is 46.4 Å². The van der Waals surface area contributed by atoms with Crippen LogP contribution in [-0.4, -0.2) is 38.0 Å². The van der Waals surface area contributed by atoms with Gasteiger partial charge >= 0.3 is 13.2 Å². The highest BCUT2D eigenvalue weighted by Crippen LogP contribution is 2.36. The molecule has 8 nitrogen and oxygen atoms in total. The van der Waals surface area contributed by atoms with E-state index < -0.39 is 13.2 Å². The minimum Gasteiger partial charge on any atom is -0.489 e. The topological polar surface area (TPSA) is 78.8 Å². The third-order valence-electron chi connectivity index (χ3n) is 8.40. The first kappa shape index (κ1) is 41.3. The molecule has 0 saturated heterocycles. The standard InChI is InChI=1S/2C19H18Cl2F2NO3/c2*1-24-8-14(20)13(15(21)9-24)7-16(25)12-4-5-17(27-19(22)23)18(6-12)26-10-11-2-3-11/h2*4-6,8-9,11,19H,2-3,7,10H2,1H3/q2*+1. The summed E-state index contributed by atoms with van der Waals surface area (Å²) < 4.78 is 74.0. The quantitative estimate of drug-likeness (QED) is 0.0637. The van der Waals surface area contributed by atoms with E-state index in [-0.39, 0.29) is 47.4 Å². The van der Waals surface area contributed by atoms with Gasteiger partial charge in [-0.3, -0.25) is 9.59 Å². The van der Waals surface area contributed by atoms with Crippen molar-refractivity contribution in [1.29, 1.82) is 0 Å². The van der Waals surface area contributed by atoms with Gasteiger partial charge in [0.2, 0.25) is 0 Å². The summed E-state index contributed by atoms with van der Waals surface area (Å²) in [5.74, 6) is 0.405. The second-order valence-corrected chi connectivity index (χ2v) is 14.6. The first-order chi connectivity index (χ1) is 25.7. The number of aromatic nitrogens is 2. The number of alkyl halides is 4. The van der Waals surface area contributed by atoms with E-state index in [1.807, 2.05) is 0 Å². The molecule has 0 aliphatic heterocycles. The number of aryl methyl sites for hydroxylation is 2. The van der Waals surface area contributed by atoms with Gasteiger partial charge in [0.15, 0.2) is 59.4 Å². The van der Waals surface area contributed by atoms with E-state index in [9.17, 15) is 27.2 Å². The predicted octanol–water partition coefficient (Wildman–Crippen LogP) is 9.27. The Labute approximate surface area is 329 Å². The number of pyridine rings is 2. The zero-order valence-corrected chi connectivity index (χ0v) is 32.1. The lowest BCUT2D eigenvalue weighted by Gasteiger charge is -2.13. The summed E-state index contributed by atoms with van der Waals surface area (Å²) in [4.78, 5) is 25.3. The average molecular weight is 835 g/mol. The Morgan fingerprint density at radius 3 is 1.24 bits per heavy atom. The fourth-order valence-corrected chi connectivity index (χ4v) is 6.54. The maximum Gasteiger partial charge on any atom is 0.387 e. The maximum absolute atomic E-state index is 12.7. The lowest BCUT2D eigenvalue weighted by molar-refractivity contribution is -0.671. The Morgan fingerprint density at radius 2 is 0.944 bits per heavy atom. The summed E-state index contributed by atoms with van der Waals surface area (Å²) in [5, 5.41) is 1.50. The number of ketones is 2. The lowest BCUT2D eigenvalue weighted by Crippen LogP contribution is -2.27. The maximum atomic E-state index is 12.7. The minimum atomic E-state index is -2.97. The molecule has 2 fully saturated rings. The highest BCUT2D eigenvalue weighted by Gasteiger charge is 2.26. The molecule has 0 unspecified atom stereocenters. The van der Waals surface area contributed by atoms with E-state index in [0.29, 0.717) is 67.4 Å². The van der Waals surface area contributed by atoms with Gasteiger partial charge in [0.1, 0.15) is 34.2 Å². The fourth-order valence-electron chi connectivity index (χ4n) is 5.15. The van der Waals surface area contributed by atoms with Gasteiger partial charge in [0, 0.05) is 35.1 Å². The Hall–Kier alpha value is -3.84. The molecule has 6 rings (SSSR count). The number of ether oxygens (including phenoxy) is 4. The molecule has 0 N–H and O–H groups in total. The van der Waals surface area contributed by atoms with Crippen molar-refractivity contribution in [1.82, 2.24) is 0 Å². The summed E-state index contributed by atoms with van der Waals surface area (Å²) in [5.41, 5.74) is 1.63. The van der Waals surface area contributed by atoms with Gasteiger partial charge in [-0.25, -0.2) is 9.13 Å². The van der Waals surface area contributed by atoms with E-state index in [2.05, 4.69) is 9.47 Å². The zero-order chi connectivity index (χ0) is 39.1. The Morgan fingerprint density at radius 1 is 0.611 bits per heavy atom. The molecule has 0 bridgehead atoms. The number of rotatable bonds is 16. The van der Waals surface area contributed by atoms with Gasteiger partial charge in [-0.15, -0.1) is 0 Å². The second kappa shape index (κ2) is 18.7. The Kier molecular flexibility index (Phi) is 14.3. The van der Waals surface area contributed by atoms with E-state index in [1.54, 1.807) is 48.0 Å². The van der Waals surface area contributed by atoms with Crippen molar-refractivity contribution >= 4 is 58.0 Å². The number of Topliss-reactive ketones (excluding diaryl/α,β-unsaturated/α-hetero) is 2. The van der Waals surface area contributed by atoms with Crippen LogP contribution in [-0.2, 0) is 26.9 Å². The summed E-state index contributed by atoms with van der Waals surface area (Å²) in [6.45, 7) is -5.14. The molecular formula is C38H36Cl4F4N2O6+2. The van der Waals surface area contributed by atoms with Crippen molar-refractivity contribution in [3.8, 4) is 23.0 Å². The molecule has 16 heteroatoms. The van der Waals surface area contributed by atoms with Crippen molar-refractivity contribution in [3.05, 3.63) is 104 Å². The summed E-state index contributed by atoms with van der Waals surface area (Å²) in [6, 6.07) is 8.33.